The van der Waals surface area contributed by atoms with Crippen molar-refractivity contribution in [3.63, 3.8) is 0 Å². The van der Waals surface area contributed by atoms with Crippen molar-refractivity contribution in [2.24, 2.45) is 5.92 Å². The molecule has 2 rings (SSSR count). The molecule has 0 aliphatic carbocycles. The van der Waals surface area contributed by atoms with Crippen molar-refractivity contribution in [2.75, 3.05) is 13.7 Å². The van der Waals surface area contributed by atoms with Crippen molar-refractivity contribution in [3.8, 4) is 5.75 Å². The lowest BCUT2D eigenvalue weighted by atomic mass is 9.88. The Labute approximate surface area is 78.9 Å². The number of nitrogens with one attached hydrogen (secondary N) is 1. The molecule has 0 aromatic heterocycles. The van der Waals surface area contributed by atoms with Gasteiger partial charge in [0.15, 0.2) is 0 Å². The van der Waals surface area contributed by atoms with Gasteiger partial charge in [-0.1, -0.05) is 19.1 Å². The van der Waals surface area contributed by atoms with Crippen molar-refractivity contribution >= 4 is 0 Å². The molecule has 2 nitrogen and oxygen atoms in total. The molecule has 1 aliphatic rings. The van der Waals surface area contributed by atoms with Gasteiger partial charge in [0, 0.05) is 12.6 Å². The maximum absolute atomic E-state index is 5.18. The fraction of sp³-hybridized carbons (Fsp3) is 0.455. The minimum absolute atomic E-state index is 0.523. The minimum atomic E-state index is 0.523. The molecule has 1 aromatic carbocycles. The Kier molecular flexibility index (Phi) is 2.23. The average Bonchev–Trinajstić information content (AvgIpc) is 2.16. The largest absolute Gasteiger partial charge is 0.497 e. The van der Waals surface area contributed by atoms with E-state index in [2.05, 4.69) is 24.4 Å². The SMILES string of the molecule is COc1cccc(C2NCC2C)c1. The van der Waals surface area contributed by atoms with Gasteiger partial charge in [0.1, 0.15) is 5.75 Å². The fourth-order valence-electron chi connectivity index (χ4n) is 1.75. The third-order valence-corrected chi connectivity index (χ3v) is 2.68. The number of benzene rings is 1. The first kappa shape index (κ1) is 8.57. The van der Waals surface area contributed by atoms with Crippen LogP contribution in [0.3, 0.4) is 0 Å². The van der Waals surface area contributed by atoms with Gasteiger partial charge in [-0.05, 0) is 23.6 Å². The van der Waals surface area contributed by atoms with Gasteiger partial charge < -0.3 is 10.1 Å². The number of hydrogen-bond acceptors (Lipinski definition) is 2. The second-order valence-electron chi connectivity index (χ2n) is 3.64. The summed E-state index contributed by atoms with van der Waals surface area (Å²) in [4.78, 5) is 0. The molecule has 2 heteroatoms. The van der Waals surface area contributed by atoms with Crippen molar-refractivity contribution in [3.05, 3.63) is 29.8 Å². The van der Waals surface area contributed by atoms with E-state index in [-0.39, 0.29) is 0 Å². The molecule has 0 saturated carbocycles. The van der Waals surface area contributed by atoms with Gasteiger partial charge >= 0.3 is 0 Å². The second kappa shape index (κ2) is 3.38. The summed E-state index contributed by atoms with van der Waals surface area (Å²) in [5.41, 5.74) is 1.33. The number of ether oxygens (including phenoxy) is 1. The van der Waals surface area contributed by atoms with Crippen LogP contribution in [0.1, 0.15) is 18.5 Å². The highest BCUT2D eigenvalue weighted by atomic mass is 16.5. The first-order valence-electron chi connectivity index (χ1n) is 4.68. The molecule has 0 radical (unpaired) electrons. The summed E-state index contributed by atoms with van der Waals surface area (Å²) >= 11 is 0. The molecule has 1 heterocycles. The Morgan fingerprint density at radius 1 is 1.46 bits per heavy atom. The number of hydrogen-bond donors (Lipinski definition) is 1. The van der Waals surface area contributed by atoms with E-state index in [0.717, 1.165) is 18.2 Å². The monoisotopic (exact) mass is 177 g/mol. The quantitative estimate of drug-likeness (QED) is 0.745. The topological polar surface area (TPSA) is 21.3 Å². The molecule has 1 fully saturated rings. The predicted octanol–water partition coefficient (Wildman–Crippen LogP) is 1.98. The maximum atomic E-state index is 5.18. The molecule has 2 atom stereocenters. The first-order valence-corrected chi connectivity index (χ1v) is 4.68. The highest BCUT2D eigenvalue weighted by Crippen LogP contribution is 2.30. The molecule has 0 amide bonds. The van der Waals surface area contributed by atoms with Crippen LogP contribution in [-0.4, -0.2) is 13.7 Å². The van der Waals surface area contributed by atoms with E-state index in [1.807, 2.05) is 12.1 Å². The van der Waals surface area contributed by atoms with Gasteiger partial charge in [0.05, 0.1) is 7.11 Å². The third kappa shape index (κ3) is 1.54. The van der Waals surface area contributed by atoms with Gasteiger partial charge in [-0.15, -0.1) is 0 Å². The Bertz CT molecular complexity index is 298. The van der Waals surface area contributed by atoms with Crippen LogP contribution in [-0.2, 0) is 0 Å². The Morgan fingerprint density at radius 2 is 2.31 bits per heavy atom. The third-order valence-electron chi connectivity index (χ3n) is 2.68. The van der Waals surface area contributed by atoms with Crippen LogP contribution in [0.5, 0.6) is 5.75 Å². The van der Waals surface area contributed by atoms with E-state index in [1.54, 1.807) is 7.11 Å². The highest BCUT2D eigenvalue weighted by molar-refractivity contribution is 5.31. The lowest BCUT2D eigenvalue weighted by Crippen LogP contribution is -2.43. The van der Waals surface area contributed by atoms with Gasteiger partial charge in [0.2, 0.25) is 0 Å². The van der Waals surface area contributed by atoms with Gasteiger partial charge in [-0.2, -0.15) is 0 Å². The Balaban J connectivity index is 2.20. The molecule has 1 aliphatic heterocycles. The molecule has 70 valence electrons. The summed E-state index contributed by atoms with van der Waals surface area (Å²) < 4.78 is 5.18. The summed E-state index contributed by atoms with van der Waals surface area (Å²) in [5.74, 6) is 1.69. The van der Waals surface area contributed by atoms with Crippen molar-refractivity contribution in [1.29, 1.82) is 0 Å². The summed E-state index contributed by atoms with van der Waals surface area (Å²) in [5, 5.41) is 3.41. The molecular formula is C11H15NO. The zero-order valence-corrected chi connectivity index (χ0v) is 8.08. The van der Waals surface area contributed by atoms with E-state index in [0.29, 0.717) is 6.04 Å². The molecule has 2 unspecified atom stereocenters. The minimum Gasteiger partial charge on any atom is -0.497 e. The van der Waals surface area contributed by atoms with Crippen LogP contribution < -0.4 is 10.1 Å². The first-order chi connectivity index (χ1) is 6.31. The lowest BCUT2D eigenvalue weighted by molar-refractivity contribution is 0.257. The summed E-state index contributed by atoms with van der Waals surface area (Å²) in [6.45, 7) is 3.39. The Morgan fingerprint density at radius 3 is 2.85 bits per heavy atom. The van der Waals surface area contributed by atoms with E-state index >= 15 is 0 Å². The van der Waals surface area contributed by atoms with E-state index < -0.39 is 0 Å². The molecule has 1 N–H and O–H groups in total. The van der Waals surface area contributed by atoms with Crippen LogP contribution >= 0.6 is 0 Å². The second-order valence-corrected chi connectivity index (χ2v) is 3.64. The van der Waals surface area contributed by atoms with Crippen LogP contribution in [0.15, 0.2) is 24.3 Å². The molecule has 13 heavy (non-hydrogen) atoms. The zero-order valence-electron chi connectivity index (χ0n) is 8.08. The van der Waals surface area contributed by atoms with Crippen LogP contribution in [0.25, 0.3) is 0 Å². The van der Waals surface area contributed by atoms with Crippen molar-refractivity contribution < 1.29 is 4.74 Å². The molecule has 0 spiro atoms. The predicted molar refractivity (Wildman–Crippen MR) is 52.9 cm³/mol. The van der Waals surface area contributed by atoms with Crippen LogP contribution in [0.2, 0.25) is 0 Å². The molecular weight excluding hydrogens is 162 g/mol. The average molecular weight is 177 g/mol. The van der Waals surface area contributed by atoms with Gasteiger partial charge in [-0.3, -0.25) is 0 Å². The fourth-order valence-corrected chi connectivity index (χ4v) is 1.75. The van der Waals surface area contributed by atoms with Crippen LogP contribution in [0.4, 0.5) is 0 Å². The molecule has 0 bridgehead atoms. The van der Waals surface area contributed by atoms with Crippen molar-refractivity contribution in [2.45, 2.75) is 13.0 Å². The van der Waals surface area contributed by atoms with Crippen LogP contribution in [0, 0.1) is 5.92 Å². The van der Waals surface area contributed by atoms with E-state index in [9.17, 15) is 0 Å². The summed E-state index contributed by atoms with van der Waals surface area (Å²) in [6.07, 6.45) is 0. The maximum Gasteiger partial charge on any atom is 0.119 e. The highest BCUT2D eigenvalue weighted by Gasteiger charge is 2.27. The normalized spacial score (nSPS) is 26.6. The van der Waals surface area contributed by atoms with Gasteiger partial charge in [0.25, 0.3) is 0 Å². The Hall–Kier alpha value is -1.02. The number of methoxy groups -OCH3 is 1. The van der Waals surface area contributed by atoms with E-state index in [4.69, 9.17) is 4.74 Å². The zero-order chi connectivity index (χ0) is 9.26. The molecule has 1 saturated heterocycles. The number of rotatable bonds is 2. The smallest absolute Gasteiger partial charge is 0.119 e. The van der Waals surface area contributed by atoms with Gasteiger partial charge in [-0.25, -0.2) is 0 Å². The van der Waals surface area contributed by atoms with Crippen molar-refractivity contribution in [1.82, 2.24) is 5.32 Å². The summed E-state index contributed by atoms with van der Waals surface area (Å²) in [6, 6.07) is 8.80. The molecule has 1 aromatic rings. The van der Waals surface area contributed by atoms with E-state index in [1.165, 1.54) is 5.56 Å². The standard InChI is InChI=1S/C11H15NO/c1-8-7-12-11(8)9-4-3-5-10(6-9)13-2/h3-6,8,11-12H,7H2,1-2H3. The lowest BCUT2D eigenvalue weighted by Gasteiger charge is -2.36. The summed E-state index contributed by atoms with van der Waals surface area (Å²) in [7, 11) is 1.71.